The molecule has 0 fully saturated rings. The lowest BCUT2D eigenvalue weighted by Crippen LogP contribution is -2.13. The van der Waals surface area contributed by atoms with Crippen molar-refractivity contribution >= 4 is 35.6 Å². The molecule has 0 saturated heterocycles. The summed E-state index contributed by atoms with van der Waals surface area (Å²) in [7, 11) is 0. The summed E-state index contributed by atoms with van der Waals surface area (Å²) >= 11 is 11.4. The highest BCUT2D eigenvalue weighted by molar-refractivity contribution is 6.35. The number of rotatable bonds is 2. The van der Waals surface area contributed by atoms with Crippen molar-refractivity contribution in [2.75, 3.05) is 6.67 Å². The van der Waals surface area contributed by atoms with Gasteiger partial charge in [-0.15, -0.1) is 12.4 Å². The molecule has 1 rings (SSSR count). The third kappa shape index (κ3) is 2.95. The molecule has 0 aliphatic rings. The van der Waals surface area contributed by atoms with Gasteiger partial charge in [-0.05, 0) is 0 Å². The number of nitrogens with two attached hydrogens (primary N) is 1. The average molecular weight is 246 g/mol. The van der Waals surface area contributed by atoms with Gasteiger partial charge in [0, 0.05) is 18.0 Å². The quantitative estimate of drug-likeness (QED) is 0.870. The lowest BCUT2D eigenvalue weighted by atomic mass is 10.1. The summed E-state index contributed by atoms with van der Waals surface area (Å²) < 4.78 is 12.2. The Morgan fingerprint density at radius 1 is 1.38 bits per heavy atom. The monoisotopic (exact) mass is 244 g/mol. The molecule has 1 aromatic heterocycles. The molecule has 6 heteroatoms. The number of alkyl halides is 1. The minimum Gasteiger partial charge on any atom is -0.322 e. The molecule has 74 valence electrons. The van der Waals surface area contributed by atoms with Gasteiger partial charge in [0.05, 0.1) is 16.1 Å². The van der Waals surface area contributed by atoms with Crippen LogP contribution in [0, 0.1) is 0 Å². The fraction of sp³-hybridized carbons (Fsp3) is 0.286. The Balaban J connectivity index is 0.00000144. The van der Waals surface area contributed by atoms with Crippen LogP contribution in [0.3, 0.4) is 0 Å². The van der Waals surface area contributed by atoms with Crippen molar-refractivity contribution in [3.05, 3.63) is 28.0 Å². The van der Waals surface area contributed by atoms with E-state index in [0.717, 1.165) is 0 Å². The number of hydrogen-bond donors (Lipinski definition) is 1. The molecule has 2 nitrogen and oxygen atoms in total. The van der Waals surface area contributed by atoms with Gasteiger partial charge in [-0.25, -0.2) is 4.39 Å². The number of hydrogen-bond acceptors (Lipinski definition) is 2. The zero-order valence-corrected chi connectivity index (χ0v) is 8.83. The summed E-state index contributed by atoms with van der Waals surface area (Å²) in [5.74, 6) is 0. The minimum atomic E-state index is -0.770. The summed E-state index contributed by atoms with van der Waals surface area (Å²) in [4.78, 5) is 3.72. The summed E-state index contributed by atoms with van der Waals surface area (Å²) in [5.41, 5.74) is 5.84. The van der Waals surface area contributed by atoms with Crippen LogP contribution < -0.4 is 5.73 Å². The Bertz CT molecular complexity index is 262. The van der Waals surface area contributed by atoms with Crippen molar-refractivity contribution in [2.45, 2.75) is 6.04 Å². The van der Waals surface area contributed by atoms with E-state index in [1.807, 2.05) is 0 Å². The van der Waals surface area contributed by atoms with E-state index in [1.165, 1.54) is 12.4 Å². The third-order valence-corrected chi connectivity index (χ3v) is 2.03. The van der Waals surface area contributed by atoms with Gasteiger partial charge in [0.2, 0.25) is 0 Å². The second kappa shape index (κ2) is 5.60. The van der Waals surface area contributed by atoms with Crippen molar-refractivity contribution in [3.63, 3.8) is 0 Å². The molecule has 0 aromatic carbocycles. The molecular weight excluding hydrogens is 237 g/mol. The summed E-state index contributed by atoms with van der Waals surface area (Å²) in [5, 5.41) is 0.598. The molecule has 1 heterocycles. The van der Waals surface area contributed by atoms with Crippen LogP contribution in [-0.2, 0) is 0 Å². The third-order valence-electron chi connectivity index (χ3n) is 1.43. The second-order valence-electron chi connectivity index (χ2n) is 2.28. The van der Waals surface area contributed by atoms with E-state index in [4.69, 9.17) is 28.9 Å². The van der Waals surface area contributed by atoms with Gasteiger partial charge < -0.3 is 5.73 Å². The highest BCUT2D eigenvalue weighted by Crippen LogP contribution is 2.27. The molecule has 2 N–H and O–H groups in total. The fourth-order valence-electron chi connectivity index (χ4n) is 0.853. The van der Waals surface area contributed by atoms with E-state index in [0.29, 0.717) is 15.6 Å². The zero-order chi connectivity index (χ0) is 9.14. The Morgan fingerprint density at radius 2 is 1.85 bits per heavy atom. The Kier molecular flexibility index (Phi) is 5.56. The highest BCUT2D eigenvalue weighted by Gasteiger charge is 2.13. The van der Waals surface area contributed by atoms with E-state index >= 15 is 0 Å². The predicted molar refractivity (Wildman–Crippen MR) is 54.4 cm³/mol. The van der Waals surface area contributed by atoms with Crippen LogP contribution in [0.1, 0.15) is 11.6 Å². The van der Waals surface area contributed by atoms with Crippen molar-refractivity contribution in [1.29, 1.82) is 0 Å². The molecule has 1 aromatic rings. The van der Waals surface area contributed by atoms with Crippen molar-refractivity contribution in [2.24, 2.45) is 5.73 Å². The molecule has 0 amide bonds. The minimum absolute atomic E-state index is 0. The van der Waals surface area contributed by atoms with Crippen LogP contribution in [-0.4, -0.2) is 11.7 Å². The molecule has 0 saturated carbocycles. The second-order valence-corrected chi connectivity index (χ2v) is 3.09. The van der Waals surface area contributed by atoms with Gasteiger partial charge in [-0.1, -0.05) is 23.2 Å². The summed E-state index contributed by atoms with van der Waals surface area (Å²) in [6.45, 7) is -0.691. The van der Waals surface area contributed by atoms with Crippen LogP contribution >= 0.6 is 35.6 Å². The average Bonchev–Trinajstić information content (AvgIpc) is 2.03. The largest absolute Gasteiger partial charge is 0.322 e. The van der Waals surface area contributed by atoms with Gasteiger partial charge in [-0.3, -0.25) is 4.98 Å². The van der Waals surface area contributed by atoms with E-state index in [-0.39, 0.29) is 12.4 Å². The van der Waals surface area contributed by atoms with Crippen LogP contribution in [0.2, 0.25) is 10.0 Å². The number of aromatic nitrogens is 1. The van der Waals surface area contributed by atoms with Crippen molar-refractivity contribution in [3.8, 4) is 0 Å². The number of nitrogens with zero attached hydrogens (tertiary/aromatic N) is 1. The topological polar surface area (TPSA) is 38.9 Å². The first-order chi connectivity index (χ1) is 5.66. The molecule has 13 heavy (non-hydrogen) atoms. The predicted octanol–water partition coefficient (Wildman–Crippen LogP) is 2.78. The first-order valence-electron chi connectivity index (χ1n) is 3.27. The first-order valence-corrected chi connectivity index (χ1v) is 4.03. The standard InChI is InChI=1S/C7H7Cl2FN2.ClH/c8-4-2-12-3-5(9)7(4)6(11)1-10;/h2-3,6H,1,11H2;1H/t6-;/m0./s1. The number of halogens is 4. The molecule has 0 bridgehead atoms. The highest BCUT2D eigenvalue weighted by atomic mass is 35.5. The lowest BCUT2D eigenvalue weighted by molar-refractivity contribution is 0.437. The van der Waals surface area contributed by atoms with Crippen molar-refractivity contribution < 1.29 is 4.39 Å². The maximum atomic E-state index is 12.2. The van der Waals surface area contributed by atoms with E-state index < -0.39 is 12.7 Å². The summed E-state index contributed by atoms with van der Waals surface area (Å²) in [6.07, 6.45) is 2.77. The molecule has 1 atom stereocenters. The zero-order valence-electron chi connectivity index (χ0n) is 6.51. The van der Waals surface area contributed by atoms with Crippen LogP contribution in [0.15, 0.2) is 12.4 Å². The van der Waals surface area contributed by atoms with Crippen LogP contribution in [0.5, 0.6) is 0 Å². The Morgan fingerprint density at radius 3 is 2.23 bits per heavy atom. The SMILES string of the molecule is Cl.N[C@@H](CF)c1c(Cl)cncc1Cl. The number of pyridine rings is 1. The van der Waals surface area contributed by atoms with Gasteiger partial charge in [0.15, 0.2) is 0 Å². The van der Waals surface area contributed by atoms with Crippen LogP contribution in [0.25, 0.3) is 0 Å². The molecule has 0 aliphatic heterocycles. The first kappa shape index (κ1) is 12.9. The Labute approximate surface area is 91.6 Å². The smallest absolute Gasteiger partial charge is 0.109 e. The fourth-order valence-corrected chi connectivity index (χ4v) is 1.50. The molecule has 0 radical (unpaired) electrons. The lowest BCUT2D eigenvalue weighted by Gasteiger charge is -2.10. The maximum absolute atomic E-state index is 12.2. The molecule has 0 unspecified atom stereocenters. The van der Waals surface area contributed by atoms with E-state index in [2.05, 4.69) is 4.98 Å². The van der Waals surface area contributed by atoms with Crippen molar-refractivity contribution in [1.82, 2.24) is 4.98 Å². The van der Waals surface area contributed by atoms with Crippen LogP contribution in [0.4, 0.5) is 4.39 Å². The van der Waals surface area contributed by atoms with Gasteiger partial charge in [0.25, 0.3) is 0 Å². The Hall–Kier alpha value is -0.0900. The summed E-state index contributed by atoms with van der Waals surface area (Å²) in [6, 6.07) is -0.770. The normalized spacial score (nSPS) is 12.0. The van der Waals surface area contributed by atoms with Gasteiger partial charge in [-0.2, -0.15) is 0 Å². The van der Waals surface area contributed by atoms with Gasteiger partial charge >= 0.3 is 0 Å². The maximum Gasteiger partial charge on any atom is 0.109 e. The van der Waals surface area contributed by atoms with E-state index in [1.54, 1.807) is 0 Å². The molecule has 0 aliphatic carbocycles. The molecule has 0 spiro atoms. The van der Waals surface area contributed by atoms with Gasteiger partial charge in [0.1, 0.15) is 6.67 Å². The van der Waals surface area contributed by atoms with E-state index in [9.17, 15) is 4.39 Å². The molecular formula is C7H8Cl3FN2.